The van der Waals surface area contributed by atoms with E-state index in [1.165, 1.54) is 9.75 Å². The molecule has 0 fully saturated rings. The van der Waals surface area contributed by atoms with Crippen molar-refractivity contribution < 1.29 is 4.79 Å². The molecule has 3 aromatic heterocycles. The smallest absolute Gasteiger partial charge is 0.258 e. The van der Waals surface area contributed by atoms with Gasteiger partial charge in [0.2, 0.25) is 0 Å². The molecule has 0 aliphatic heterocycles. The number of carbonyl (C=O) groups is 1. The van der Waals surface area contributed by atoms with Crippen molar-refractivity contribution in [3.63, 3.8) is 0 Å². The summed E-state index contributed by atoms with van der Waals surface area (Å²) in [6.07, 6.45) is 1.75. The standard InChI is InChI=1S/C23H24N4OS/c1-14(2)27-22-20(13-24-27)19(23(28)26(5)17-9-7-6-8-10-17)12-21(25-22)18-11-15(3)29-16(18)4/h6-14H,1-5H3. The lowest BCUT2D eigenvalue weighted by molar-refractivity contribution is 0.0994. The van der Waals surface area contributed by atoms with Gasteiger partial charge in [-0.15, -0.1) is 11.3 Å². The monoisotopic (exact) mass is 404 g/mol. The molecule has 0 bridgehead atoms. The summed E-state index contributed by atoms with van der Waals surface area (Å²) in [4.78, 5) is 22.5. The zero-order valence-corrected chi connectivity index (χ0v) is 18.1. The maximum Gasteiger partial charge on any atom is 0.258 e. The number of hydrogen-bond acceptors (Lipinski definition) is 4. The summed E-state index contributed by atoms with van der Waals surface area (Å²) in [5.41, 5.74) is 4.09. The molecule has 0 aliphatic carbocycles. The number of aromatic nitrogens is 3. The number of para-hydroxylation sites is 1. The lowest BCUT2D eigenvalue weighted by Gasteiger charge is -2.18. The minimum absolute atomic E-state index is 0.0715. The number of thiophene rings is 1. The maximum atomic E-state index is 13.5. The van der Waals surface area contributed by atoms with Gasteiger partial charge in [-0.1, -0.05) is 18.2 Å². The predicted molar refractivity (Wildman–Crippen MR) is 120 cm³/mol. The van der Waals surface area contributed by atoms with Gasteiger partial charge in [-0.25, -0.2) is 9.67 Å². The zero-order chi connectivity index (χ0) is 20.7. The fourth-order valence-corrected chi connectivity index (χ4v) is 4.48. The second-order valence-corrected chi connectivity index (χ2v) is 8.96. The largest absolute Gasteiger partial charge is 0.311 e. The Hall–Kier alpha value is -2.99. The van der Waals surface area contributed by atoms with E-state index in [0.29, 0.717) is 5.56 Å². The normalized spacial score (nSPS) is 11.4. The van der Waals surface area contributed by atoms with E-state index in [2.05, 4.69) is 38.9 Å². The van der Waals surface area contributed by atoms with Gasteiger partial charge >= 0.3 is 0 Å². The van der Waals surface area contributed by atoms with Crippen LogP contribution in [-0.2, 0) is 0 Å². The summed E-state index contributed by atoms with van der Waals surface area (Å²) in [6, 6.07) is 13.9. The summed E-state index contributed by atoms with van der Waals surface area (Å²) < 4.78 is 1.88. The van der Waals surface area contributed by atoms with Crippen molar-refractivity contribution in [3.8, 4) is 11.3 Å². The molecule has 0 aliphatic rings. The summed E-state index contributed by atoms with van der Waals surface area (Å²) in [7, 11) is 1.80. The third-order valence-electron chi connectivity index (χ3n) is 5.05. The van der Waals surface area contributed by atoms with Crippen molar-refractivity contribution in [1.82, 2.24) is 14.8 Å². The average molecular weight is 405 g/mol. The van der Waals surface area contributed by atoms with Gasteiger partial charge < -0.3 is 4.90 Å². The number of anilines is 1. The molecule has 6 heteroatoms. The highest BCUT2D eigenvalue weighted by molar-refractivity contribution is 7.12. The Morgan fingerprint density at radius 2 is 1.86 bits per heavy atom. The molecule has 4 rings (SSSR count). The van der Waals surface area contributed by atoms with Crippen LogP contribution in [0.25, 0.3) is 22.3 Å². The van der Waals surface area contributed by atoms with Gasteiger partial charge in [0.25, 0.3) is 5.91 Å². The fraction of sp³-hybridized carbons (Fsp3) is 0.261. The van der Waals surface area contributed by atoms with Crippen LogP contribution in [0.15, 0.2) is 48.7 Å². The van der Waals surface area contributed by atoms with Gasteiger partial charge in [0, 0.05) is 34.1 Å². The summed E-state index contributed by atoms with van der Waals surface area (Å²) in [5.74, 6) is -0.0715. The lowest BCUT2D eigenvalue weighted by Crippen LogP contribution is -2.26. The van der Waals surface area contributed by atoms with E-state index in [1.54, 1.807) is 29.5 Å². The second-order valence-electron chi connectivity index (χ2n) is 7.50. The molecule has 5 nitrogen and oxygen atoms in total. The number of pyridine rings is 1. The van der Waals surface area contributed by atoms with E-state index in [0.717, 1.165) is 28.0 Å². The van der Waals surface area contributed by atoms with E-state index >= 15 is 0 Å². The molecule has 4 aromatic rings. The van der Waals surface area contributed by atoms with Crippen LogP contribution < -0.4 is 4.90 Å². The molecule has 0 radical (unpaired) electrons. The first-order chi connectivity index (χ1) is 13.9. The number of aryl methyl sites for hydroxylation is 2. The molecule has 3 heterocycles. The molecular formula is C23H24N4OS. The third kappa shape index (κ3) is 3.44. The molecule has 0 atom stereocenters. The Kier molecular flexibility index (Phi) is 4.96. The first kappa shape index (κ1) is 19.3. The van der Waals surface area contributed by atoms with Crippen LogP contribution in [0.2, 0.25) is 0 Å². The van der Waals surface area contributed by atoms with Crippen LogP contribution in [-0.4, -0.2) is 27.7 Å². The van der Waals surface area contributed by atoms with Crippen molar-refractivity contribution in [1.29, 1.82) is 0 Å². The van der Waals surface area contributed by atoms with Crippen LogP contribution in [0.1, 0.15) is 40.0 Å². The van der Waals surface area contributed by atoms with Crippen molar-refractivity contribution in [2.75, 3.05) is 11.9 Å². The van der Waals surface area contributed by atoms with E-state index in [9.17, 15) is 4.79 Å². The zero-order valence-electron chi connectivity index (χ0n) is 17.3. The number of hydrogen-bond donors (Lipinski definition) is 0. The van der Waals surface area contributed by atoms with Crippen LogP contribution in [0, 0.1) is 13.8 Å². The van der Waals surface area contributed by atoms with Gasteiger partial charge in [0.15, 0.2) is 5.65 Å². The van der Waals surface area contributed by atoms with Crippen LogP contribution in [0.4, 0.5) is 5.69 Å². The van der Waals surface area contributed by atoms with Crippen molar-refractivity contribution in [3.05, 3.63) is 64.0 Å². The van der Waals surface area contributed by atoms with E-state index < -0.39 is 0 Å². The fourth-order valence-electron chi connectivity index (χ4n) is 3.55. The van der Waals surface area contributed by atoms with Gasteiger partial charge in [-0.2, -0.15) is 5.10 Å². The number of benzene rings is 1. The van der Waals surface area contributed by atoms with Crippen molar-refractivity contribution in [2.45, 2.75) is 33.7 Å². The number of fused-ring (bicyclic) bond motifs is 1. The number of carbonyl (C=O) groups excluding carboxylic acids is 1. The quantitative estimate of drug-likeness (QED) is 0.443. The SMILES string of the molecule is Cc1cc(-c2cc(C(=O)N(C)c3ccccc3)c3cnn(C(C)C)c3n2)c(C)s1. The molecule has 1 aromatic carbocycles. The molecule has 0 unspecified atom stereocenters. The Balaban J connectivity index is 1.92. The number of rotatable bonds is 4. The summed E-state index contributed by atoms with van der Waals surface area (Å²) in [5, 5.41) is 5.30. The van der Waals surface area contributed by atoms with E-state index in [4.69, 9.17) is 4.98 Å². The van der Waals surface area contributed by atoms with Crippen LogP contribution >= 0.6 is 11.3 Å². The molecule has 0 saturated carbocycles. The Labute approximate surface area is 174 Å². The van der Waals surface area contributed by atoms with Crippen molar-refractivity contribution >= 4 is 34.0 Å². The number of nitrogens with zero attached hydrogens (tertiary/aromatic N) is 4. The Morgan fingerprint density at radius 1 is 1.14 bits per heavy atom. The minimum atomic E-state index is -0.0715. The van der Waals surface area contributed by atoms with Crippen LogP contribution in [0.5, 0.6) is 0 Å². The first-order valence-corrected chi connectivity index (χ1v) is 10.5. The first-order valence-electron chi connectivity index (χ1n) is 9.65. The number of amides is 1. The Morgan fingerprint density at radius 3 is 2.48 bits per heavy atom. The minimum Gasteiger partial charge on any atom is -0.311 e. The highest BCUT2D eigenvalue weighted by atomic mass is 32.1. The summed E-state index contributed by atoms with van der Waals surface area (Å²) >= 11 is 1.74. The van der Waals surface area contributed by atoms with Gasteiger partial charge in [0.05, 0.1) is 22.8 Å². The van der Waals surface area contributed by atoms with Gasteiger partial charge in [-0.3, -0.25) is 4.79 Å². The second kappa shape index (κ2) is 7.44. The molecule has 29 heavy (non-hydrogen) atoms. The Bertz CT molecular complexity index is 1190. The van der Waals surface area contributed by atoms with Gasteiger partial charge in [0.1, 0.15) is 0 Å². The van der Waals surface area contributed by atoms with Gasteiger partial charge in [-0.05, 0) is 52.0 Å². The summed E-state index contributed by atoms with van der Waals surface area (Å²) in [6.45, 7) is 8.32. The molecule has 0 spiro atoms. The van der Waals surface area contributed by atoms with E-state index in [-0.39, 0.29) is 11.9 Å². The van der Waals surface area contributed by atoms with Crippen molar-refractivity contribution in [2.24, 2.45) is 0 Å². The molecule has 0 saturated heterocycles. The predicted octanol–water partition coefficient (Wildman–Crippen LogP) is 5.63. The average Bonchev–Trinajstić information content (AvgIpc) is 3.29. The lowest BCUT2D eigenvalue weighted by atomic mass is 10.1. The highest BCUT2D eigenvalue weighted by Crippen LogP contribution is 2.33. The molecule has 1 amide bonds. The van der Waals surface area contributed by atoms with Crippen LogP contribution in [0.3, 0.4) is 0 Å². The molecule has 148 valence electrons. The topological polar surface area (TPSA) is 51.0 Å². The third-order valence-corrected chi connectivity index (χ3v) is 6.02. The maximum absolute atomic E-state index is 13.5. The van der Waals surface area contributed by atoms with E-state index in [1.807, 2.05) is 41.1 Å². The molecule has 0 N–H and O–H groups in total. The molecular weight excluding hydrogens is 380 g/mol. The highest BCUT2D eigenvalue weighted by Gasteiger charge is 2.22.